The first-order valence-electron chi connectivity index (χ1n) is 4.71. The fraction of sp³-hybridized carbons (Fsp3) is 1.00. The molecule has 4 heteroatoms. The van der Waals surface area contributed by atoms with Gasteiger partial charge in [-0.25, -0.2) is 0 Å². The van der Waals surface area contributed by atoms with Gasteiger partial charge in [0.1, 0.15) is 0 Å². The number of thioether (sulfide) groups is 4. The molecule has 0 amide bonds. The summed E-state index contributed by atoms with van der Waals surface area (Å²) in [6, 6.07) is 0. The van der Waals surface area contributed by atoms with Gasteiger partial charge < -0.3 is 0 Å². The number of hydrogen-bond donors (Lipinski definition) is 0. The van der Waals surface area contributed by atoms with E-state index >= 15 is 0 Å². The highest BCUT2D eigenvalue weighted by atomic mass is 32.3. The van der Waals surface area contributed by atoms with Gasteiger partial charge in [-0.05, 0) is 5.92 Å². The van der Waals surface area contributed by atoms with Crippen LogP contribution in [0.2, 0.25) is 0 Å². The van der Waals surface area contributed by atoms with Gasteiger partial charge in [-0.15, -0.1) is 47.0 Å². The summed E-state index contributed by atoms with van der Waals surface area (Å²) in [6.07, 6.45) is 0. The number of hydrogen-bond acceptors (Lipinski definition) is 4. The molecule has 0 unspecified atom stereocenters. The smallest absolute Gasteiger partial charge is 0.0594 e. The average molecular weight is 250 g/mol. The second-order valence-corrected chi connectivity index (χ2v) is 10.8. The van der Waals surface area contributed by atoms with Gasteiger partial charge >= 0.3 is 0 Å². The minimum absolute atomic E-state index is 0.539. The topological polar surface area (TPSA) is 0 Å². The summed E-state index contributed by atoms with van der Waals surface area (Å²) in [5, 5.41) is 0. The van der Waals surface area contributed by atoms with Crippen molar-refractivity contribution >= 4 is 47.0 Å². The van der Waals surface area contributed by atoms with Crippen LogP contribution in [0.25, 0.3) is 0 Å². The van der Waals surface area contributed by atoms with E-state index in [1.165, 1.54) is 0 Å². The third-order valence-electron chi connectivity index (χ3n) is 3.10. The first-order chi connectivity index (χ1) is 6.09. The zero-order valence-electron chi connectivity index (χ0n) is 8.02. The summed E-state index contributed by atoms with van der Waals surface area (Å²) in [5.74, 6) is 0.911. The Hall–Kier alpha value is 1.40. The van der Waals surface area contributed by atoms with Gasteiger partial charge in [0.05, 0.1) is 18.3 Å². The van der Waals surface area contributed by atoms with Gasteiger partial charge in [-0.2, -0.15) is 0 Å². The predicted molar refractivity (Wildman–Crippen MR) is 68.5 cm³/mol. The quantitative estimate of drug-likeness (QED) is 0.638. The molecule has 0 spiro atoms. The lowest BCUT2D eigenvalue weighted by molar-refractivity contribution is 0.428. The maximum atomic E-state index is 2.45. The molecule has 0 aromatic heterocycles. The van der Waals surface area contributed by atoms with Crippen molar-refractivity contribution in [2.75, 3.05) is 0 Å². The Labute approximate surface area is 97.1 Å². The van der Waals surface area contributed by atoms with Gasteiger partial charge in [-0.1, -0.05) is 20.8 Å². The van der Waals surface area contributed by atoms with Gasteiger partial charge in [-0.3, -0.25) is 0 Å². The molecule has 4 saturated heterocycles. The molecule has 4 heterocycles. The molecule has 0 aromatic rings. The van der Waals surface area contributed by atoms with Crippen LogP contribution in [0.1, 0.15) is 20.8 Å². The van der Waals surface area contributed by atoms with E-state index in [1.54, 1.807) is 0 Å². The lowest BCUT2D eigenvalue weighted by Gasteiger charge is -2.59. The lowest BCUT2D eigenvalue weighted by atomic mass is 9.99. The Bertz CT molecular complexity index is 206. The van der Waals surface area contributed by atoms with Gasteiger partial charge in [0, 0.05) is 5.41 Å². The molecular formula is C9H14S4. The highest BCUT2D eigenvalue weighted by Gasteiger charge is 2.57. The van der Waals surface area contributed by atoms with Crippen LogP contribution in [-0.4, -0.2) is 18.3 Å². The van der Waals surface area contributed by atoms with Crippen LogP contribution in [-0.2, 0) is 0 Å². The highest BCUT2D eigenvalue weighted by Crippen LogP contribution is 2.71. The van der Waals surface area contributed by atoms with Gasteiger partial charge in [0.25, 0.3) is 0 Å². The van der Waals surface area contributed by atoms with Crippen molar-refractivity contribution in [1.29, 1.82) is 0 Å². The SMILES string of the molecule is CC1C2SC3SC1SC(S2)C3(C)C. The van der Waals surface area contributed by atoms with Crippen molar-refractivity contribution in [3.05, 3.63) is 0 Å². The molecular weight excluding hydrogens is 236 g/mol. The third kappa shape index (κ3) is 1.25. The van der Waals surface area contributed by atoms with Crippen LogP contribution in [0.3, 0.4) is 0 Å². The van der Waals surface area contributed by atoms with Gasteiger partial charge in [0.2, 0.25) is 0 Å². The summed E-state index contributed by atoms with van der Waals surface area (Å²) in [6.45, 7) is 7.33. The summed E-state index contributed by atoms with van der Waals surface area (Å²) >= 11 is 8.94. The first kappa shape index (κ1) is 9.61. The van der Waals surface area contributed by atoms with Crippen LogP contribution >= 0.6 is 47.0 Å². The van der Waals surface area contributed by atoms with E-state index in [9.17, 15) is 0 Å². The highest BCUT2D eigenvalue weighted by molar-refractivity contribution is 8.36. The van der Waals surface area contributed by atoms with Crippen molar-refractivity contribution in [3.63, 3.8) is 0 Å². The first-order valence-corrected chi connectivity index (χ1v) is 8.48. The van der Waals surface area contributed by atoms with Crippen LogP contribution in [0.5, 0.6) is 0 Å². The Kier molecular flexibility index (Phi) is 2.19. The maximum Gasteiger partial charge on any atom is 0.0594 e. The summed E-state index contributed by atoms with van der Waals surface area (Å²) in [4.78, 5) is 0. The van der Waals surface area contributed by atoms with E-state index in [4.69, 9.17) is 0 Å². The molecule has 0 N–H and O–H groups in total. The van der Waals surface area contributed by atoms with Crippen molar-refractivity contribution in [2.45, 2.75) is 39.1 Å². The van der Waals surface area contributed by atoms with Crippen molar-refractivity contribution in [3.8, 4) is 0 Å². The van der Waals surface area contributed by atoms with E-state index in [2.05, 4.69) is 67.8 Å². The summed E-state index contributed by atoms with van der Waals surface area (Å²) in [7, 11) is 0. The molecule has 0 saturated carbocycles. The molecule has 4 rings (SSSR count). The normalized spacial score (nSPS) is 57.0. The summed E-state index contributed by atoms with van der Waals surface area (Å²) < 4.78 is 3.53. The van der Waals surface area contributed by atoms with E-state index in [0.717, 1.165) is 24.2 Å². The molecule has 4 fully saturated rings. The van der Waals surface area contributed by atoms with Gasteiger partial charge in [0.15, 0.2) is 0 Å². The molecule has 4 aliphatic rings. The average Bonchev–Trinajstić information content (AvgIpc) is 2.00. The zero-order chi connectivity index (χ0) is 9.22. The Morgan fingerprint density at radius 2 is 1.23 bits per heavy atom. The van der Waals surface area contributed by atoms with Crippen molar-refractivity contribution < 1.29 is 0 Å². The molecule has 4 bridgehead atoms. The zero-order valence-corrected chi connectivity index (χ0v) is 11.3. The van der Waals surface area contributed by atoms with Crippen molar-refractivity contribution in [1.82, 2.24) is 0 Å². The maximum absolute atomic E-state index is 2.45. The van der Waals surface area contributed by atoms with E-state index in [1.807, 2.05) is 0 Å². The molecule has 0 atom stereocenters. The third-order valence-corrected chi connectivity index (χ3v) is 12.0. The number of rotatable bonds is 0. The van der Waals surface area contributed by atoms with E-state index in [-0.39, 0.29) is 0 Å². The fourth-order valence-corrected chi connectivity index (χ4v) is 12.0. The Morgan fingerprint density at radius 1 is 0.846 bits per heavy atom. The summed E-state index contributed by atoms with van der Waals surface area (Å²) in [5.41, 5.74) is 0.539. The van der Waals surface area contributed by atoms with E-state index in [0.29, 0.717) is 5.41 Å². The van der Waals surface area contributed by atoms with Crippen LogP contribution in [0.15, 0.2) is 0 Å². The Morgan fingerprint density at radius 3 is 1.62 bits per heavy atom. The van der Waals surface area contributed by atoms with Crippen LogP contribution in [0.4, 0.5) is 0 Å². The molecule has 0 nitrogen and oxygen atoms in total. The predicted octanol–water partition coefficient (Wildman–Crippen LogP) is 3.93. The molecule has 13 heavy (non-hydrogen) atoms. The van der Waals surface area contributed by atoms with Crippen LogP contribution < -0.4 is 0 Å². The minimum atomic E-state index is 0.539. The standard InChI is InChI=1S/C9H14S4/c1-4-5-10-7-9(2,3)8(11-5)13-6(4)12-7/h4-8H,1-3H3. The molecule has 4 aliphatic heterocycles. The minimum Gasteiger partial charge on any atom is -0.132 e. The fourth-order valence-electron chi connectivity index (χ4n) is 2.05. The lowest BCUT2D eigenvalue weighted by Crippen LogP contribution is -2.51. The second-order valence-electron chi connectivity index (χ2n) is 4.63. The Balaban J connectivity index is 1.95. The van der Waals surface area contributed by atoms with Crippen molar-refractivity contribution in [2.24, 2.45) is 11.3 Å². The largest absolute Gasteiger partial charge is 0.132 e. The molecule has 0 radical (unpaired) electrons. The molecule has 0 aliphatic carbocycles. The monoisotopic (exact) mass is 250 g/mol. The molecule has 0 aromatic carbocycles. The van der Waals surface area contributed by atoms with Crippen LogP contribution in [0, 0.1) is 11.3 Å². The van der Waals surface area contributed by atoms with E-state index < -0.39 is 0 Å². The molecule has 74 valence electrons. The second kappa shape index (κ2) is 2.96.